The number of fused-ring (bicyclic) bond motifs is 1. The van der Waals surface area contributed by atoms with Crippen molar-refractivity contribution >= 4 is 11.8 Å². The fraction of sp³-hybridized carbons (Fsp3) is 0.688. The first-order chi connectivity index (χ1) is 18.8. The number of carbonyl (C=O) groups excluding carboxylic acids is 2. The summed E-state index contributed by atoms with van der Waals surface area (Å²) in [5.41, 5.74) is 2.50. The van der Waals surface area contributed by atoms with Gasteiger partial charge in [-0.1, -0.05) is 62.8 Å². The highest BCUT2D eigenvalue weighted by atomic mass is 16.6. The van der Waals surface area contributed by atoms with E-state index in [9.17, 15) is 30.0 Å². The normalized spacial score (nSPS) is 40.4. The fourth-order valence-electron chi connectivity index (χ4n) is 5.13. The lowest BCUT2D eigenvalue weighted by Crippen LogP contribution is -2.41. The molecule has 1 saturated heterocycles. The molecular weight excluding hydrogens is 512 g/mol. The summed E-state index contributed by atoms with van der Waals surface area (Å²) in [5, 5.41) is 41.7. The highest BCUT2D eigenvalue weighted by Crippen LogP contribution is 2.32. The zero-order valence-corrected chi connectivity index (χ0v) is 24.8. The Labute approximate surface area is 239 Å². The zero-order valence-electron chi connectivity index (χ0n) is 24.8. The van der Waals surface area contributed by atoms with Crippen molar-refractivity contribution in [3.8, 4) is 0 Å². The molecule has 8 heteroatoms. The van der Waals surface area contributed by atoms with Crippen LogP contribution in [0.25, 0.3) is 0 Å². The third-order valence-electron chi connectivity index (χ3n) is 7.86. The van der Waals surface area contributed by atoms with Crippen molar-refractivity contribution in [2.45, 2.75) is 116 Å². The van der Waals surface area contributed by atoms with Crippen LogP contribution in [0.4, 0.5) is 0 Å². The second-order valence-electron chi connectivity index (χ2n) is 12.0. The minimum absolute atomic E-state index is 0.00393. The molecule has 2 aliphatic heterocycles. The predicted molar refractivity (Wildman–Crippen MR) is 154 cm³/mol. The number of ketones is 1. The molecule has 2 rings (SSSR count). The number of aliphatic hydroxyl groups excluding tert-OH is 4. The van der Waals surface area contributed by atoms with Gasteiger partial charge in [0.2, 0.25) is 0 Å². The van der Waals surface area contributed by atoms with Gasteiger partial charge in [-0.3, -0.25) is 4.79 Å². The number of Topliss-reactive ketones (excluding diaryl/α,β-unsaturated/α-hetero) is 1. The van der Waals surface area contributed by atoms with Crippen LogP contribution in [0, 0.1) is 17.8 Å². The van der Waals surface area contributed by atoms with Crippen LogP contribution in [0.2, 0.25) is 0 Å². The molecule has 0 spiro atoms. The van der Waals surface area contributed by atoms with Crippen molar-refractivity contribution in [1.82, 2.24) is 0 Å². The maximum absolute atomic E-state index is 12.6. The van der Waals surface area contributed by atoms with Crippen LogP contribution in [0.1, 0.15) is 79.6 Å². The van der Waals surface area contributed by atoms with Crippen LogP contribution in [0.3, 0.4) is 0 Å². The van der Waals surface area contributed by atoms with Gasteiger partial charge in [0, 0.05) is 12.0 Å². The van der Waals surface area contributed by atoms with E-state index >= 15 is 0 Å². The maximum atomic E-state index is 12.6. The highest BCUT2D eigenvalue weighted by Gasteiger charge is 2.37. The Balaban J connectivity index is 2.08. The van der Waals surface area contributed by atoms with Gasteiger partial charge in [0.15, 0.2) is 5.78 Å². The van der Waals surface area contributed by atoms with Crippen LogP contribution in [0.5, 0.6) is 0 Å². The van der Waals surface area contributed by atoms with E-state index in [2.05, 4.69) is 25.7 Å². The third-order valence-corrected chi connectivity index (χ3v) is 7.86. The molecule has 0 saturated carbocycles. The maximum Gasteiger partial charge on any atom is 0.333 e. The van der Waals surface area contributed by atoms with E-state index in [1.54, 1.807) is 19.9 Å². The minimum Gasteiger partial charge on any atom is -0.460 e. The Hall–Kier alpha value is -2.10. The summed E-state index contributed by atoms with van der Waals surface area (Å²) in [6, 6.07) is 0. The van der Waals surface area contributed by atoms with Gasteiger partial charge in [-0.2, -0.15) is 0 Å². The van der Waals surface area contributed by atoms with Crippen LogP contribution in [0.15, 0.2) is 47.6 Å². The van der Waals surface area contributed by atoms with Gasteiger partial charge in [-0.25, -0.2) is 4.79 Å². The topological polar surface area (TPSA) is 137 Å². The molecule has 4 N–H and O–H groups in total. The Bertz CT molecular complexity index is 951. The van der Waals surface area contributed by atoms with Crippen molar-refractivity contribution in [3.63, 3.8) is 0 Å². The molecule has 40 heavy (non-hydrogen) atoms. The Kier molecular flexibility index (Phi) is 14.0. The molecule has 2 heterocycles. The number of cyclic esters (lactones) is 1. The highest BCUT2D eigenvalue weighted by molar-refractivity contribution is 5.87. The van der Waals surface area contributed by atoms with Gasteiger partial charge < -0.3 is 29.9 Å². The Morgan fingerprint density at radius 1 is 0.925 bits per heavy atom. The summed E-state index contributed by atoms with van der Waals surface area (Å²) in [6.45, 7) is 13.3. The number of hydrogen-bond donors (Lipinski definition) is 4. The van der Waals surface area contributed by atoms with Crippen molar-refractivity contribution in [2.75, 3.05) is 6.61 Å². The van der Waals surface area contributed by atoms with E-state index in [1.165, 1.54) is 0 Å². The molecule has 2 aliphatic rings. The average molecular weight is 563 g/mol. The molecule has 8 nitrogen and oxygen atoms in total. The molecule has 1 fully saturated rings. The molecule has 0 amide bonds. The van der Waals surface area contributed by atoms with Crippen molar-refractivity contribution in [2.24, 2.45) is 17.8 Å². The molecule has 226 valence electrons. The SMILES string of the molecule is C=C1/C=C(\C)C(C)CC(O)CC(=O)C(O)C(O)C(C)CC(O)COC(=O)/C(C)=C/CC/C=C/[C@H]2O[C@H]2CC(C)C1. The molecular formula is C32H50O8. The van der Waals surface area contributed by atoms with Crippen molar-refractivity contribution in [3.05, 3.63) is 47.6 Å². The number of esters is 1. The van der Waals surface area contributed by atoms with Crippen molar-refractivity contribution in [1.29, 1.82) is 0 Å². The smallest absolute Gasteiger partial charge is 0.333 e. The van der Waals surface area contributed by atoms with E-state index < -0.39 is 42.1 Å². The standard InChI is InChI=1S/C32H50O8/c1-19-12-20(2)14-29-28(40-29)11-9-7-8-10-21(3)32(38)39-18-26(34)16-24(6)30(36)31(37)27(35)17-25(33)15-23(5)22(4)13-19/h9-11,13,20,23-26,28-31,33-34,36-37H,1,7-8,12,14-18H2,2-6H3/b11-9+,21-10+,22-13+/t20?,23?,24?,25?,26?,28-,29+,30?,31?/m1/s1. The summed E-state index contributed by atoms with van der Waals surface area (Å²) in [7, 11) is 0. The first-order valence-corrected chi connectivity index (χ1v) is 14.5. The average Bonchev–Trinajstić information content (AvgIpc) is 3.61. The Morgan fingerprint density at radius 3 is 2.33 bits per heavy atom. The van der Waals surface area contributed by atoms with Crippen LogP contribution >= 0.6 is 0 Å². The molecule has 0 aromatic carbocycles. The molecule has 7 unspecified atom stereocenters. The summed E-state index contributed by atoms with van der Waals surface area (Å²) >= 11 is 0. The molecule has 0 aromatic heterocycles. The minimum atomic E-state index is -1.69. The van der Waals surface area contributed by atoms with E-state index in [0.29, 0.717) is 24.3 Å². The predicted octanol–water partition coefficient (Wildman–Crippen LogP) is 3.97. The molecule has 0 aromatic rings. The van der Waals surface area contributed by atoms with E-state index in [0.717, 1.165) is 30.4 Å². The number of epoxide rings is 1. The molecule has 0 bridgehead atoms. The van der Waals surface area contributed by atoms with Crippen LogP contribution in [-0.2, 0) is 19.1 Å². The molecule has 0 radical (unpaired) electrons. The number of aliphatic hydroxyl groups is 4. The van der Waals surface area contributed by atoms with E-state index in [1.807, 2.05) is 19.9 Å². The summed E-state index contributed by atoms with van der Waals surface area (Å²) in [6.07, 6.45) is 6.39. The number of carbonyl (C=O) groups is 2. The zero-order chi connectivity index (χ0) is 30.0. The first kappa shape index (κ1) is 34.1. The van der Waals surface area contributed by atoms with Gasteiger partial charge in [0.05, 0.1) is 24.4 Å². The number of ether oxygens (including phenoxy) is 2. The van der Waals surface area contributed by atoms with Crippen LogP contribution < -0.4 is 0 Å². The number of allylic oxidation sites excluding steroid dienone is 5. The lowest BCUT2D eigenvalue weighted by Gasteiger charge is -2.26. The number of rotatable bonds is 0. The van der Waals surface area contributed by atoms with Crippen molar-refractivity contribution < 1.29 is 39.5 Å². The first-order valence-electron chi connectivity index (χ1n) is 14.5. The number of hydrogen-bond acceptors (Lipinski definition) is 8. The third kappa shape index (κ3) is 11.8. The van der Waals surface area contributed by atoms with E-state index in [4.69, 9.17) is 9.47 Å². The van der Waals surface area contributed by atoms with Crippen LogP contribution in [-0.4, -0.2) is 75.4 Å². The molecule has 0 aliphatic carbocycles. The van der Waals surface area contributed by atoms with Gasteiger partial charge in [-0.15, -0.1) is 0 Å². The van der Waals surface area contributed by atoms with Gasteiger partial charge in [0.25, 0.3) is 0 Å². The van der Waals surface area contributed by atoms with Gasteiger partial charge in [0.1, 0.15) is 18.8 Å². The fourth-order valence-corrected chi connectivity index (χ4v) is 5.13. The van der Waals surface area contributed by atoms with E-state index in [-0.39, 0.29) is 37.6 Å². The molecule has 9 atom stereocenters. The van der Waals surface area contributed by atoms with Gasteiger partial charge in [-0.05, 0) is 70.1 Å². The summed E-state index contributed by atoms with van der Waals surface area (Å²) in [5.74, 6) is -1.45. The summed E-state index contributed by atoms with van der Waals surface area (Å²) < 4.78 is 11.0. The lowest BCUT2D eigenvalue weighted by molar-refractivity contribution is -0.143. The quantitative estimate of drug-likeness (QED) is 0.198. The second-order valence-corrected chi connectivity index (χ2v) is 12.0. The second kappa shape index (κ2) is 16.4. The largest absolute Gasteiger partial charge is 0.460 e. The summed E-state index contributed by atoms with van der Waals surface area (Å²) in [4.78, 5) is 24.8. The Morgan fingerprint density at radius 2 is 1.62 bits per heavy atom. The monoisotopic (exact) mass is 562 g/mol. The van der Waals surface area contributed by atoms with Gasteiger partial charge >= 0.3 is 5.97 Å². The lowest BCUT2D eigenvalue weighted by atomic mass is 9.88.